The van der Waals surface area contributed by atoms with E-state index in [1.54, 1.807) is 32.2 Å². The molecular formula is C33H38O5. The lowest BCUT2D eigenvalue weighted by Crippen LogP contribution is -2.33. The molecule has 0 spiro atoms. The van der Waals surface area contributed by atoms with Gasteiger partial charge >= 0.3 is 5.97 Å². The van der Waals surface area contributed by atoms with E-state index in [0.29, 0.717) is 24.5 Å². The quantitative estimate of drug-likeness (QED) is 0.248. The van der Waals surface area contributed by atoms with Crippen molar-refractivity contribution >= 4 is 12.0 Å². The Hall–Kier alpha value is -3.73. The van der Waals surface area contributed by atoms with E-state index in [-0.39, 0.29) is 16.6 Å². The maximum Gasteiger partial charge on any atom is 0.330 e. The van der Waals surface area contributed by atoms with Crippen molar-refractivity contribution < 1.29 is 24.1 Å². The minimum atomic E-state index is -0.401. The van der Waals surface area contributed by atoms with Gasteiger partial charge in [-0.3, -0.25) is 0 Å². The predicted molar refractivity (Wildman–Crippen MR) is 152 cm³/mol. The van der Waals surface area contributed by atoms with Gasteiger partial charge in [-0.05, 0) is 95.3 Å². The maximum atomic E-state index is 11.9. The van der Waals surface area contributed by atoms with Crippen LogP contribution in [-0.4, -0.2) is 24.8 Å². The molecule has 0 amide bonds. The molecule has 5 heteroatoms. The third kappa shape index (κ3) is 5.88. The molecule has 0 radical (unpaired) electrons. The molecule has 0 saturated heterocycles. The van der Waals surface area contributed by atoms with Crippen LogP contribution in [0.15, 0.2) is 60.7 Å². The Balaban J connectivity index is 1.83. The van der Waals surface area contributed by atoms with Crippen LogP contribution in [0.25, 0.3) is 17.2 Å². The van der Waals surface area contributed by atoms with Gasteiger partial charge in [0.15, 0.2) is 0 Å². The van der Waals surface area contributed by atoms with E-state index in [1.165, 1.54) is 17.2 Å². The van der Waals surface area contributed by atoms with Gasteiger partial charge < -0.3 is 19.3 Å². The van der Waals surface area contributed by atoms with Crippen LogP contribution in [0.1, 0.15) is 69.7 Å². The normalized spacial score (nSPS) is 15.6. The molecule has 0 fully saturated rings. The number of esters is 1. The zero-order chi connectivity index (χ0) is 27.5. The van der Waals surface area contributed by atoms with Crippen LogP contribution in [0.3, 0.4) is 0 Å². The number of carbonyl (C=O) groups is 1. The van der Waals surface area contributed by atoms with Crippen molar-refractivity contribution in [2.45, 2.75) is 64.9 Å². The van der Waals surface area contributed by atoms with Crippen LogP contribution in [0.2, 0.25) is 0 Å². The Labute approximate surface area is 226 Å². The number of ether oxygens (including phenoxy) is 3. The van der Waals surface area contributed by atoms with Crippen molar-refractivity contribution in [1.29, 1.82) is 0 Å². The molecule has 0 atom stereocenters. The van der Waals surface area contributed by atoms with Gasteiger partial charge in [-0.25, -0.2) is 4.79 Å². The fourth-order valence-corrected chi connectivity index (χ4v) is 5.07. The number of rotatable bonds is 8. The van der Waals surface area contributed by atoms with Crippen molar-refractivity contribution in [2.24, 2.45) is 0 Å². The summed E-state index contributed by atoms with van der Waals surface area (Å²) in [6, 6.07) is 17.5. The second-order valence-electron chi connectivity index (χ2n) is 11.2. The summed E-state index contributed by atoms with van der Waals surface area (Å²) in [7, 11) is 1.65. The summed E-state index contributed by atoms with van der Waals surface area (Å²) in [4.78, 5) is 11.9. The maximum absolute atomic E-state index is 11.9. The van der Waals surface area contributed by atoms with E-state index < -0.39 is 5.97 Å². The second-order valence-corrected chi connectivity index (χ2v) is 11.2. The van der Waals surface area contributed by atoms with Crippen LogP contribution >= 0.6 is 0 Å². The number of benzene rings is 3. The van der Waals surface area contributed by atoms with Crippen LogP contribution in [0.4, 0.5) is 0 Å². The van der Waals surface area contributed by atoms with Gasteiger partial charge in [-0.1, -0.05) is 45.9 Å². The van der Waals surface area contributed by atoms with Crippen LogP contribution in [-0.2, 0) is 27.0 Å². The Kier molecular flexibility index (Phi) is 7.86. The molecule has 3 aromatic carbocycles. The van der Waals surface area contributed by atoms with Crippen molar-refractivity contribution in [3.63, 3.8) is 0 Å². The van der Waals surface area contributed by atoms with Crippen LogP contribution in [0, 0.1) is 0 Å². The molecule has 4 rings (SSSR count). The number of phenolic OH excluding ortho intramolecular Hbond substituents is 1. The third-order valence-electron chi connectivity index (χ3n) is 7.49. The fourth-order valence-electron chi connectivity index (χ4n) is 5.07. The molecule has 0 aliphatic heterocycles. The molecule has 3 aromatic rings. The van der Waals surface area contributed by atoms with Crippen molar-refractivity contribution in [2.75, 3.05) is 13.7 Å². The summed E-state index contributed by atoms with van der Waals surface area (Å²) in [6.07, 6.45) is 5.26. The van der Waals surface area contributed by atoms with Gasteiger partial charge in [0, 0.05) is 17.2 Å². The SMILES string of the molecule is CCOC(=O)/C=C/c1ccc(O)c(-c2cc3c(cc2OCc2cccc(OC)c2)C(C)(C)CCC3(C)C)c1. The van der Waals surface area contributed by atoms with Crippen LogP contribution < -0.4 is 9.47 Å². The van der Waals surface area contributed by atoms with Crippen molar-refractivity contribution in [3.05, 3.63) is 82.9 Å². The highest BCUT2D eigenvalue weighted by atomic mass is 16.5. The highest BCUT2D eigenvalue weighted by Gasteiger charge is 2.38. The average Bonchev–Trinajstić information content (AvgIpc) is 2.89. The first-order valence-electron chi connectivity index (χ1n) is 13.2. The largest absolute Gasteiger partial charge is 0.507 e. The molecule has 1 aliphatic rings. The topological polar surface area (TPSA) is 65.0 Å². The molecule has 1 aliphatic carbocycles. The van der Waals surface area contributed by atoms with Crippen LogP contribution in [0.5, 0.6) is 17.2 Å². The number of aromatic hydroxyl groups is 1. The molecule has 0 heterocycles. The summed E-state index contributed by atoms with van der Waals surface area (Å²) in [5.74, 6) is 1.23. The second kappa shape index (κ2) is 10.9. The number of phenols is 1. The summed E-state index contributed by atoms with van der Waals surface area (Å²) in [5.41, 5.74) is 5.77. The van der Waals surface area contributed by atoms with E-state index in [4.69, 9.17) is 14.2 Å². The minimum Gasteiger partial charge on any atom is -0.507 e. The monoisotopic (exact) mass is 514 g/mol. The summed E-state index contributed by atoms with van der Waals surface area (Å²) < 4.78 is 16.9. The van der Waals surface area contributed by atoms with Crippen molar-refractivity contribution in [1.82, 2.24) is 0 Å². The molecular weight excluding hydrogens is 476 g/mol. The lowest BCUT2D eigenvalue weighted by atomic mass is 9.62. The molecule has 0 unspecified atom stereocenters. The van der Waals surface area contributed by atoms with Gasteiger partial charge in [0.25, 0.3) is 0 Å². The number of carbonyl (C=O) groups excluding carboxylic acids is 1. The first kappa shape index (κ1) is 27.3. The van der Waals surface area contributed by atoms with Gasteiger partial charge in [0.2, 0.25) is 0 Å². The Morgan fingerprint density at radius 1 is 0.947 bits per heavy atom. The fraction of sp³-hybridized carbons (Fsp3) is 0.364. The Morgan fingerprint density at radius 3 is 2.34 bits per heavy atom. The highest BCUT2D eigenvalue weighted by Crippen LogP contribution is 2.50. The highest BCUT2D eigenvalue weighted by molar-refractivity contribution is 5.88. The van der Waals surface area contributed by atoms with E-state index in [1.807, 2.05) is 30.3 Å². The first-order valence-corrected chi connectivity index (χ1v) is 13.2. The lowest BCUT2D eigenvalue weighted by molar-refractivity contribution is -0.137. The summed E-state index contributed by atoms with van der Waals surface area (Å²) >= 11 is 0. The van der Waals surface area contributed by atoms with Gasteiger partial charge in [-0.2, -0.15) is 0 Å². The number of fused-ring (bicyclic) bond motifs is 1. The molecule has 38 heavy (non-hydrogen) atoms. The molecule has 0 bridgehead atoms. The Bertz CT molecular complexity index is 1350. The number of methoxy groups -OCH3 is 1. The minimum absolute atomic E-state index is 0.00370. The zero-order valence-electron chi connectivity index (χ0n) is 23.3. The molecule has 1 N–H and O–H groups in total. The zero-order valence-corrected chi connectivity index (χ0v) is 23.3. The number of hydrogen-bond acceptors (Lipinski definition) is 5. The third-order valence-corrected chi connectivity index (χ3v) is 7.49. The van der Waals surface area contributed by atoms with Gasteiger partial charge in [0.1, 0.15) is 23.9 Å². The standard InChI is InChI=1S/C33H38O5/c1-7-37-31(35)14-12-22-11-13-29(34)25(18-22)26-19-27-28(33(4,5)16-15-32(27,2)3)20-30(26)38-21-23-9-8-10-24(17-23)36-6/h8-14,17-20,34H,7,15-16,21H2,1-6H3/b14-12+. The van der Waals surface area contributed by atoms with Gasteiger partial charge in [-0.15, -0.1) is 0 Å². The smallest absolute Gasteiger partial charge is 0.330 e. The summed E-state index contributed by atoms with van der Waals surface area (Å²) in [5, 5.41) is 11.0. The molecule has 5 nitrogen and oxygen atoms in total. The van der Waals surface area contributed by atoms with E-state index >= 15 is 0 Å². The molecule has 200 valence electrons. The van der Waals surface area contributed by atoms with Gasteiger partial charge in [0.05, 0.1) is 13.7 Å². The predicted octanol–water partition coefficient (Wildman–Crippen LogP) is 7.57. The first-order chi connectivity index (χ1) is 18.0. The molecule has 0 saturated carbocycles. The van der Waals surface area contributed by atoms with E-state index in [2.05, 4.69) is 39.8 Å². The number of hydrogen-bond donors (Lipinski definition) is 1. The summed E-state index contributed by atoms with van der Waals surface area (Å²) in [6.45, 7) is 11.6. The van der Waals surface area contributed by atoms with E-state index in [0.717, 1.165) is 35.3 Å². The molecule has 0 aromatic heterocycles. The average molecular weight is 515 g/mol. The Morgan fingerprint density at radius 2 is 1.66 bits per heavy atom. The van der Waals surface area contributed by atoms with E-state index in [9.17, 15) is 9.90 Å². The van der Waals surface area contributed by atoms with Crippen molar-refractivity contribution in [3.8, 4) is 28.4 Å². The lowest BCUT2D eigenvalue weighted by Gasteiger charge is -2.42.